The number of hydrogen-bond acceptors (Lipinski definition) is 4. The van der Waals surface area contributed by atoms with Gasteiger partial charge < -0.3 is 19.7 Å². The number of amides is 1. The van der Waals surface area contributed by atoms with Crippen LogP contribution >= 0.6 is 0 Å². The van der Waals surface area contributed by atoms with Crippen LogP contribution < -0.4 is 5.32 Å². The molecule has 0 heterocycles. The van der Waals surface area contributed by atoms with Crippen molar-refractivity contribution in [3.63, 3.8) is 0 Å². The van der Waals surface area contributed by atoms with Gasteiger partial charge in [-0.2, -0.15) is 0 Å². The van der Waals surface area contributed by atoms with Crippen molar-refractivity contribution in [2.24, 2.45) is 5.92 Å². The molecule has 0 unspecified atom stereocenters. The van der Waals surface area contributed by atoms with Gasteiger partial charge in [0.25, 0.3) is 0 Å². The summed E-state index contributed by atoms with van der Waals surface area (Å²) < 4.78 is 30.0. The van der Waals surface area contributed by atoms with Gasteiger partial charge in [0.1, 0.15) is 18.9 Å². The summed E-state index contributed by atoms with van der Waals surface area (Å²) in [5.41, 5.74) is 0. The van der Waals surface area contributed by atoms with Gasteiger partial charge in [0.15, 0.2) is 0 Å². The van der Waals surface area contributed by atoms with E-state index in [2.05, 4.69) is 57.9 Å². The molecule has 0 bridgehead atoms. The number of hydrogen-bond donors (Lipinski definition) is 1. The van der Waals surface area contributed by atoms with Crippen molar-refractivity contribution in [2.75, 3.05) is 6.54 Å². The largest absolute Gasteiger partial charge is 0 e. The first-order valence-corrected chi connectivity index (χ1v) is 13.5. The summed E-state index contributed by atoms with van der Waals surface area (Å²) in [6.45, 7) is 29.7. The standard InChI is InChI=1S/C18H27NO.C10H14O.2C2H4O.4CO.2Fe/c1-4-5-6-7-8-9-10-11-12-13-14-15-18(20)19-16-17(2)3;1-2-3-4-5-6-7-8-9-10-11;2*1-2-3;4*1-2;;/h4-9,12-15,17H,10-11,16H2,1-3H3,(H,19,20);2-7,10H,8-9H2,1H3;2*2H,1H3;;;;;;/b5-4+,7-6+,9-8-,13-12+,15-14+;3-2+,5-4+,7-6-;;;;;;;;. The Labute approximate surface area is 304 Å². The molecule has 1 amide bonds. The predicted molar refractivity (Wildman–Crippen MR) is 176 cm³/mol. The van der Waals surface area contributed by atoms with Crippen molar-refractivity contribution >= 4 is 24.8 Å². The fraction of sp³-hybridized carbons (Fsp3) is 0.333. The number of nitrogens with one attached hydrogen (secondary N) is 1. The number of carbonyl (C=O) groups excluding carboxylic acids is 4. The number of carbonyl (C=O) groups is 4. The molecule has 0 aliphatic rings. The zero-order valence-electron chi connectivity index (χ0n) is 28.1. The molecule has 0 aliphatic heterocycles. The van der Waals surface area contributed by atoms with Crippen LogP contribution in [0.1, 0.15) is 67.2 Å². The van der Waals surface area contributed by atoms with E-state index in [-0.39, 0.29) is 40.0 Å². The zero-order valence-corrected chi connectivity index (χ0v) is 30.3. The fourth-order valence-electron chi connectivity index (χ4n) is 1.87. The second kappa shape index (κ2) is 96.8. The van der Waals surface area contributed by atoms with Crippen LogP contribution in [0.25, 0.3) is 0 Å². The maximum atomic E-state index is 11.4. The Morgan fingerprint density at radius 3 is 1.15 bits per heavy atom. The van der Waals surface area contributed by atoms with Gasteiger partial charge in [0.2, 0.25) is 5.91 Å². The molecule has 0 aromatic heterocycles. The minimum atomic E-state index is -0.0302. The average molecular weight is 735 g/mol. The molecule has 0 saturated heterocycles. The Balaban J connectivity index is -0.0000000537. The third kappa shape index (κ3) is 138. The van der Waals surface area contributed by atoms with Gasteiger partial charge in [-0.25, -0.2) is 0 Å². The molecule has 0 aromatic rings. The minimum absolute atomic E-state index is 0. The van der Waals surface area contributed by atoms with Crippen LogP contribution in [0.4, 0.5) is 0 Å². The van der Waals surface area contributed by atoms with E-state index in [0.29, 0.717) is 12.3 Å². The van der Waals surface area contributed by atoms with Gasteiger partial charge in [-0.15, -0.1) is 0 Å². The molecule has 0 spiro atoms. The van der Waals surface area contributed by atoms with Crippen molar-refractivity contribution in [1.82, 2.24) is 5.32 Å². The maximum Gasteiger partial charge on any atom is 0 e. The summed E-state index contributed by atoms with van der Waals surface area (Å²) in [7, 11) is 0. The van der Waals surface area contributed by atoms with Crippen LogP contribution in [-0.4, -0.2) is 31.3 Å². The van der Waals surface area contributed by atoms with Crippen LogP contribution in [0.15, 0.2) is 97.2 Å². The fourth-order valence-corrected chi connectivity index (χ4v) is 1.87. The molecule has 0 saturated carbocycles. The van der Waals surface area contributed by atoms with Gasteiger partial charge >= 0.3 is 45.2 Å². The molecule has 262 valence electrons. The van der Waals surface area contributed by atoms with E-state index < -0.39 is 0 Å². The SMILES string of the molecule is C/C=C/C=C/C=C\CC/C=C/C=C/C(=O)NCC(C)C.C/C=C/C=C/C=C\CCC=O.CC=O.CC=O.[C-]#[O+].[C-]#[O+].[C-]#[O+].[C-]#[O+].[Fe].[Fe]. The van der Waals surface area contributed by atoms with E-state index >= 15 is 0 Å². The van der Waals surface area contributed by atoms with Crippen molar-refractivity contribution in [3.8, 4) is 0 Å². The van der Waals surface area contributed by atoms with Gasteiger partial charge in [-0.1, -0.05) is 105 Å². The van der Waals surface area contributed by atoms with Gasteiger partial charge in [-0.05, 0) is 52.9 Å². The smallest absolute Gasteiger partial charge is 0 e. The van der Waals surface area contributed by atoms with E-state index in [0.717, 1.165) is 44.7 Å². The van der Waals surface area contributed by atoms with E-state index in [1.165, 1.54) is 13.8 Å². The second-order valence-corrected chi connectivity index (χ2v) is 7.40. The normalized spacial score (nSPS) is 9.09. The van der Waals surface area contributed by atoms with Crippen molar-refractivity contribution in [3.05, 3.63) is 124 Å². The van der Waals surface area contributed by atoms with Gasteiger partial charge in [0.05, 0.1) is 0 Å². The Kier molecular flexibility index (Phi) is 144. The van der Waals surface area contributed by atoms with Gasteiger partial charge in [-0.3, -0.25) is 4.79 Å². The molecule has 0 fully saturated rings. The Morgan fingerprint density at radius 2 is 0.851 bits per heavy atom. The van der Waals surface area contributed by atoms with Crippen LogP contribution in [0.5, 0.6) is 0 Å². The number of rotatable bonds is 14. The molecule has 0 rings (SSSR count). The first-order valence-electron chi connectivity index (χ1n) is 13.5. The molecule has 11 heteroatoms. The van der Waals surface area contributed by atoms with Crippen LogP contribution in [0.3, 0.4) is 0 Å². The topological polar surface area (TPSA) is 160 Å². The third-order valence-electron chi connectivity index (χ3n) is 3.45. The molecule has 9 nitrogen and oxygen atoms in total. The van der Waals surface area contributed by atoms with Crippen molar-refractivity contribution in [2.45, 2.75) is 67.2 Å². The number of allylic oxidation sites excluding steroid dienone is 15. The van der Waals surface area contributed by atoms with Crippen molar-refractivity contribution in [1.29, 1.82) is 0 Å². The molecular formula is C36H49Fe2NO8. The van der Waals surface area contributed by atoms with E-state index in [9.17, 15) is 9.59 Å². The van der Waals surface area contributed by atoms with Crippen LogP contribution in [0.2, 0.25) is 0 Å². The van der Waals surface area contributed by atoms with Crippen LogP contribution in [-0.2, 0) is 71.9 Å². The molecule has 0 aliphatic carbocycles. The number of aldehydes is 3. The molecular weight excluding hydrogens is 686 g/mol. The Morgan fingerprint density at radius 1 is 0.553 bits per heavy atom. The van der Waals surface area contributed by atoms with Gasteiger partial charge in [0, 0.05) is 53.2 Å². The van der Waals surface area contributed by atoms with Crippen LogP contribution in [0, 0.1) is 32.5 Å². The van der Waals surface area contributed by atoms with Crippen molar-refractivity contribution < 1.29 is 71.9 Å². The molecule has 0 atom stereocenters. The quantitative estimate of drug-likeness (QED) is 0.0379. The minimum Gasteiger partial charge on any atom is 0 e. The average Bonchev–Trinajstić information content (AvgIpc) is 3.07. The predicted octanol–water partition coefficient (Wildman–Crippen LogP) is 7.25. The summed E-state index contributed by atoms with van der Waals surface area (Å²) in [5, 5.41) is 2.83. The molecule has 0 aromatic carbocycles. The maximum absolute atomic E-state index is 11.4. The summed E-state index contributed by atoms with van der Waals surface area (Å²) in [4.78, 5) is 38.8. The monoisotopic (exact) mass is 735 g/mol. The van der Waals surface area contributed by atoms with E-state index in [1.54, 1.807) is 12.2 Å². The first-order chi connectivity index (χ1) is 21.9. The zero-order chi connectivity index (χ0) is 36.8. The summed E-state index contributed by atoms with van der Waals surface area (Å²) >= 11 is 0. The summed E-state index contributed by atoms with van der Waals surface area (Å²) in [6, 6.07) is 0. The third-order valence-corrected chi connectivity index (χ3v) is 3.45. The molecule has 47 heavy (non-hydrogen) atoms. The Bertz CT molecular complexity index is 906. The second-order valence-electron chi connectivity index (χ2n) is 7.40. The number of unbranched alkanes of at least 4 members (excludes halogenated alkanes) is 2. The molecule has 0 radical (unpaired) electrons. The van der Waals surface area contributed by atoms with E-state index in [4.69, 9.17) is 28.2 Å². The Hall–Kier alpha value is -3.60. The summed E-state index contributed by atoms with van der Waals surface area (Å²) in [6.07, 6.45) is 37.1. The summed E-state index contributed by atoms with van der Waals surface area (Å²) in [5.74, 6) is 0.453. The first kappa shape index (κ1) is 69.9. The molecule has 1 N–H and O–H groups in total. The van der Waals surface area contributed by atoms with E-state index in [1.807, 2.05) is 86.8 Å².